The van der Waals surface area contributed by atoms with Gasteiger partial charge in [0.15, 0.2) is 0 Å². The van der Waals surface area contributed by atoms with Crippen LogP contribution in [0.25, 0.3) is 0 Å². The number of amides is 2. The van der Waals surface area contributed by atoms with Gasteiger partial charge in [-0.2, -0.15) is 5.10 Å². The van der Waals surface area contributed by atoms with Gasteiger partial charge in [-0.3, -0.25) is 14.8 Å². The van der Waals surface area contributed by atoms with Gasteiger partial charge in [-0.1, -0.05) is 6.07 Å². The van der Waals surface area contributed by atoms with Crippen molar-refractivity contribution in [1.29, 1.82) is 0 Å². The summed E-state index contributed by atoms with van der Waals surface area (Å²) in [5.74, 6) is 0. The van der Waals surface area contributed by atoms with Crippen LogP contribution in [0.4, 0.5) is 16.2 Å². The third kappa shape index (κ3) is 4.60. The molecule has 1 aromatic carbocycles. The van der Waals surface area contributed by atoms with Gasteiger partial charge in [0.05, 0.1) is 4.92 Å². The number of nitro benzene ring substituents is 1. The Balaban J connectivity index is 1.74. The number of aryl methyl sites for hydroxylation is 1. The Hall–Kier alpha value is -2.90. The van der Waals surface area contributed by atoms with Crippen molar-refractivity contribution in [2.75, 3.05) is 11.9 Å². The molecule has 1 aromatic heterocycles. The van der Waals surface area contributed by atoms with Crippen LogP contribution in [-0.2, 0) is 6.54 Å². The van der Waals surface area contributed by atoms with Gasteiger partial charge < -0.3 is 10.6 Å². The molecule has 21 heavy (non-hydrogen) atoms. The molecular formula is C13H15N5O3. The summed E-state index contributed by atoms with van der Waals surface area (Å²) >= 11 is 0. The van der Waals surface area contributed by atoms with Gasteiger partial charge in [0.1, 0.15) is 0 Å². The summed E-state index contributed by atoms with van der Waals surface area (Å²) < 4.78 is 1.78. The van der Waals surface area contributed by atoms with E-state index in [4.69, 9.17) is 0 Å². The number of urea groups is 1. The minimum absolute atomic E-state index is 0.0634. The Labute approximate surface area is 120 Å². The summed E-state index contributed by atoms with van der Waals surface area (Å²) in [6.07, 6.45) is 4.29. The van der Waals surface area contributed by atoms with E-state index in [1.165, 1.54) is 18.2 Å². The van der Waals surface area contributed by atoms with Gasteiger partial charge >= 0.3 is 6.03 Å². The Morgan fingerprint density at radius 2 is 2.24 bits per heavy atom. The lowest BCUT2D eigenvalue weighted by Crippen LogP contribution is -2.30. The summed E-state index contributed by atoms with van der Waals surface area (Å²) in [6, 6.07) is 7.23. The number of nitro groups is 1. The van der Waals surface area contributed by atoms with Crippen LogP contribution in [0.1, 0.15) is 6.42 Å². The number of carbonyl (C=O) groups excluding carboxylic acids is 1. The number of hydrogen-bond donors (Lipinski definition) is 2. The lowest BCUT2D eigenvalue weighted by molar-refractivity contribution is -0.384. The first-order valence-electron chi connectivity index (χ1n) is 6.42. The highest BCUT2D eigenvalue weighted by Gasteiger charge is 2.07. The molecule has 0 bridgehead atoms. The predicted molar refractivity (Wildman–Crippen MR) is 77.0 cm³/mol. The highest BCUT2D eigenvalue weighted by atomic mass is 16.6. The van der Waals surface area contributed by atoms with E-state index in [0.717, 1.165) is 6.42 Å². The van der Waals surface area contributed by atoms with Crippen LogP contribution < -0.4 is 10.6 Å². The molecular weight excluding hydrogens is 274 g/mol. The van der Waals surface area contributed by atoms with Crippen LogP contribution in [0.5, 0.6) is 0 Å². The molecule has 2 rings (SSSR count). The van der Waals surface area contributed by atoms with Crippen LogP contribution in [0.2, 0.25) is 0 Å². The first kappa shape index (κ1) is 14.5. The second-order valence-electron chi connectivity index (χ2n) is 4.31. The lowest BCUT2D eigenvalue weighted by Gasteiger charge is -2.07. The van der Waals surface area contributed by atoms with E-state index < -0.39 is 11.0 Å². The molecule has 0 saturated heterocycles. The Kier molecular flexibility index (Phi) is 4.86. The summed E-state index contributed by atoms with van der Waals surface area (Å²) in [4.78, 5) is 21.8. The number of non-ortho nitro benzene ring substituents is 1. The quantitative estimate of drug-likeness (QED) is 0.482. The smallest absolute Gasteiger partial charge is 0.319 e. The van der Waals surface area contributed by atoms with E-state index in [1.807, 2.05) is 12.3 Å². The molecule has 2 aromatic rings. The van der Waals surface area contributed by atoms with E-state index in [1.54, 1.807) is 16.9 Å². The maximum absolute atomic E-state index is 11.6. The Morgan fingerprint density at radius 3 is 2.95 bits per heavy atom. The molecule has 2 amide bonds. The van der Waals surface area contributed by atoms with Gasteiger partial charge in [0.25, 0.3) is 5.69 Å². The monoisotopic (exact) mass is 289 g/mol. The zero-order chi connectivity index (χ0) is 15.1. The van der Waals surface area contributed by atoms with Gasteiger partial charge in [0, 0.05) is 43.3 Å². The average Bonchev–Trinajstić information content (AvgIpc) is 2.97. The van der Waals surface area contributed by atoms with Crippen molar-refractivity contribution in [2.24, 2.45) is 0 Å². The van der Waals surface area contributed by atoms with E-state index in [0.29, 0.717) is 18.8 Å². The van der Waals surface area contributed by atoms with Gasteiger partial charge in [-0.05, 0) is 18.6 Å². The zero-order valence-corrected chi connectivity index (χ0v) is 11.2. The Morgan fingerprint density at radius 1 is 1.38 bits per heavy atom. The molecule has 8 nitrogen and oxygen atoms in total. The molecule has 0 radical (unpaired) electrons. The summed E-state index contributed by atoms with van der Waals surface area (Å²) in [6.45, 7) is 1.20. The average molecular weight is 289 g/mol. The van der Waals surface area contributed by atoms with E-state index in [9.17, 15) is 14.9 Å². The molecule has 0 atom stereocenters. The molecule has 1 heterocycles. The fourth-order valence-electron chi connectivity index (χ4n) is 1.75. The van der Waals surface area contributed by atoms with Crippen LogP contribution in [0, 0.1) is 10.1 Å². The predicted octanol–water partition coefficient (Wildman–Crippen LogP) is 2.00. The van der Waals surface area contributed by atoms with E-state index in [-0.39, 0.29) is 5.69 Å². The molecule has 2 N–H and O–H groups in total. The van der Waals surface area contributed by atoms with Crippen molar-refractivity contribution >= 4 is 17.4 Å². The molecule has 0 aliphatic rings. The molecule has 0 fully saturated rings. The maximum atomic E-state index is 11.6. The SMILES string of the molecule is O=C(NCCCn1cccn1)Nc1cccc([N+](=O)[O-])c1. The molecule has 0 aliphatic heterocycles. The number of anilines is 1. The van der Waals surface area contributed by atoms with Gasteiger partial charge in [-0.25, -0.2) is 4.79 Å². The highest BCUT2D eigenvalue weighted by Crippen LogP contribution is 2.16. The molecule has 0 aliphatic carbocycles. The topological polar surface area (TPSA) is 102 Å². The lowest BCUT2D eigenvalue weighted by atomic mass is 10.3. The van der Waals surface area contributed by atoms with Crippen molar-refractivity contribution in [1.82, 2.24) is 15.1 Å². The second-order valence-corrected chi connectivity index (χ2v) is 4.31. The largest absolute Gasteiger partial charge is 0.338 e. The third-order valence-electron chi connectivity index (χ3n) is 2.72. The summed E-state index contributed by atoms with van der Waals surface area (Å²) in [5, 5.41) is 19.9. The van der Waals surface area contributed by atoms with Crippen LogP contribution >= 0.6 is 0 Å². The minimum atomic E-state index is -0.507. The summed E-state index contributed by atoms with van der Waals surface area (Å²) in [7, 11) is 0. The highest BCUT2D eigenvalue weighted by molar-refractivity contribution is 5.89. The normalized spacial score (nSPS) is 10.1. The molecule has 8 heteroatoms. The fourth-order valence-corrected chi connectivity index (χ4v) is 1.75. The first-order chi connectivity index (χ1) is 10.1. The summed E-state index contributed by atoms with van der Waals surface area (Å²) in [5.41, 5.74) is 0.320. The number of aromatic nitrogens is 2. The van der Waals surface area contributed by atoms with Crippen LogP contribution in [-0.4, -0.2) is 27.3 Å². The van der Waals surface area contributed by atoms with Gasteiger partial charge in [-0.15, -0.1) is 0 Å². The molecule has 0 unspecified atom stereocenters. The number of benzene rings is 1. The molecule has 110 valence electrons. The van der Waals surface area contributed by atoms with Crippen molar-refractivity contribution in [3.05, 3.63) is 52.8 Å². The molecule has 0 spiro atoms. The number of rotatable bonds is 6. The molecule has 0 saturated carbocycles. The van der Waals surface area contributed by atoms with E-state index >= 15 is 0 Å². The maximum Gasteiger partial charge on any atom is 0.319 e. The number of carbonyl (C=O) groups is 1. The fraction of sp³-hybridized carbons (Fsp3) is 0.231. The van der Waals surface area contributed by atoms with Crippen LogP contribution in [0.3, 0.4) is 0 Å². The van der Waals surface area contributed by atoms with Crippen molar-refractivity contribution < 1.29 is 9.72 Å². The second kappa shape index (κ2) is 7.04. The number of nitrogens with zero attached hydrogens (tertiary/aromatic N) is 3. The Bertz CT molecular complexity index is 612. The van der Waals surface area contributed by atoms with Gasteiger partial charge in [0.2, 0.25) is 0 Å². The third-order valence-corrected chi connectivity index (χ3v) is 2.72. The van der Waals surface area contributed by atoms with Crippen molar-refractivity contribution in [3.8, 4) is 0 Å². The zero-order valence-electron chi connectivity index (χ0n) is 11.2. The van der Waals surface area contributed by atoms with E-state index in [2.05, 4.69) is 15.7 Å². The van der Waals surface area contributed by atoms with Crippen molar-refractivity contribution in [2.45, 2.75) is 13.0 Å². The first-order valence-corrected chi connectivity index (χ1v) is 6.42. The minimum Gasteiger partial charge on any atom is -0.338 e. The number of hydrogen-bond acceptors (Lipinski definition) is 4. The van der Waals surface area contributed by atoms with Crippen molar-refractivity contribution in [3.63, 3.8) is 0 Å². The number of nitrogens with one attached hydrogen (secondary N) is 2. The van der Waals surface area contributed by atoms with Crippen LogP contribution in [0.15, 0.2) is 42.7 Å². The standard InChI is InChI=1S/C13H15N5O3/c19-13(14-6-2-8-17-9-3-7-15-17)16-11-4-1-5-12(10-11)18(20)21/h1,3-5,7,9-10H,2,6,8H2,(H2,14,16,19).